The van der Waals surface area contributed by atoms with Crippen molar-refractivity contribution in [1.29, 1.82) is 0 Å². The molecule has 0 aromatic heterocycles. The molecular weight excluding hydrogens is 284 g/mol. The highest BCUT2D eigenvalue weighted by Crippen LogP contribution is 2.32. The number of ether oxygens (including phenoxy) is 2. The lowest BCUT2D eigenvalue weighted by atomic mass is 10.1. The second-order valence-corrected chi connectivity index (χ2v) is 5.73. The molecule has 3 heterocycles. The number of fused-ring (bicyclic) bond motifs is 2. The van der Waals surface area contributed by atoms with Gasteiger partial charge in [0.15, 0.2) is 11.5 Å². The lowest BCUT2D eigenvalue weighted by molar-refractivity contribution is -0.553. The first-order valence-corrected chi connectivity index (χ1v) is 7.30. The number of benzene rings is 1. The van der Waals surface area contributed by atoms with E-state index < -0.39 is 0 Å². The predicted molar refractivity (Wildman–Crippen MR) is 79.3 cm³/mol. The molecule has 0 amide bonds. The largest absolute Gasteiger partial charge is 0.454 e. The quantitative estimate of drug-likeness (QED) is 0.669. The van der Waals surface area contributed by atoms with Gasteiger partial charge in [-0.05, 0) is 30.2 Å². The topological polar surface area (TPSA) is 80.8 Å². The lowest BCUT2D eigenvalue weighted by Gasteiger charge is -2.31. The van der Waals surface area contributed by atoms with Gasteiger partial charge in [-0.15, -0.1) is 0 Å². The fraction of sp³-hybridized carbons (Fsp3) is 0.400. The maximum absolute atomic E-state index is 6.18. The van der Waals surface area contributed by atoms with Crippen LogP contribution in [0.2, 0.25) is 0 Å². The van der Waals surface area contributed by atoms with Gasteiger partial charge in [-0.3, -0.25) is 15.1 Å². The number of nitrogens with two attached hydrogens (primary N) is 1. The van der Waals surface area contributed by atoms with E-state index in [0.29, 0.717) is 19.1 Å². The Balaban J connectivity index is 1.58. The van der Waals surface area contributed by atoms with Crippen molar-refractivity contribution in [3.8, 4) is 11.5 Å². The predicted octanol–water partition coefficient (Wildman–Crippen LogP) is 0.0231. The Morgan fingerprint density at radius 3 is 3.09 bits per heavy atom. The molecule has 116 valence electrons. The van der Waals surface area contributed by atoms with Crippen molar-refractivity contribution in [3.63, 3.8) is 0 Å². The molecule has 0 saturated carbocycles. The number of guanidine groups is 1. The van der Waals surface area contributed by atoms with Crippen molar-refractivity contribution in [1.82, 2.24) is 10.8 Å². The van der Waals surface area contributed by atoms with Crippen LogP contribution in [0.4, 0.5) is 0 Å². The molecule has 0 saturated heterocycles. The first-order valence-electron chi connectivity index (χ1n) is 7.30. The van der Waals surface area contributed by atoms with Gasteiger partial charge >= 0.3 is 5.96 Å². The van der Waals surface area contributed by atoms with Crippen LogP contribution in [0.15, 0.2) is 29.5 Å². The summed E-state index contributed by atoms with van der Waals surface area (Å²) in [5.74, 6) is 2.24. The van der Waals surface area contributed by atoms with Crippen molar-refractivity contribution >= 4 is 5.96 Å². The van der Waals surface area contributed by atoms with Crippen LogP contribution < -0.4 is 26.0 Å². The third-order valence-corrected chi connectivity index (χ3v) is 4.14. The number of hydrogen-bond acceptors (Lipinski definition) is 6. The monoisotopic (exact) mass is 303 g/mol. The third kappa shape index (κ3) is 2.28. The van der Waals surface area contributed by atoms with E-state index in [2.05, 4.69) is 22.3 Å². The Labute approximate surface area is 128 Å². The zero-order chi connectivity index (χ0) is 15.1. The highest BCUT2D eigenvalue weighted by Gasteiger charge is 2.32. The highest BCUT2D eigenvalue weighted by atomic mass is 16.7. The van der Waals surface area contributed by atoms with Crippen LogP contribution in [-0.4, -0.2) is 36.5 Å². The van der Waals surface area contributed by atoms with Crippen LogP contribution in [0, 0.1) is 0 Å². The average Bonchev–Trinajstić information content (AvgIpc) is 2.97. The van der Waals surface area contributed by atoms with E-state index in [4.69, 9.17) is 20.0 Å². The Bertz CT molecular complexity index is 683. The molecule has 0 bridgehead atoms. The molecule has 3 aliphatic heterocycles. The van der Waals surface area contributed by atoms with Gasteiger partial charge in [0, 0.05) is 0 Å². The summed E-state index contributed by atoms with van der Waals surface area (Å²) in [4.78, 5) is 5.38. The fourth-order valence-electron chi connectivity index (χ4n) is 2.95. The smallest absolute Gasteiger partial charge is 0.348 e. The van der Waals surface area contributed by atoms with Gasteiger partial charge in [-0.1, -0.05) is 6.07 Å². The van der Waals surface area contributed by atoms with E-state index >= 15 is 0 Å². The van der Waals surface area contributed by atoms with Gasteiger partial charge in [0.25, 0.3) is 0 Å². The zero-order valence-corrected chi connectivity index (χ0v) is 12.4. The van der Waals surface area contributed by atoms with E-state index in [1.807, 2.05) is 18.2 Å². The number of nitrogens with one attached hydrogen (secondary N) is 2. The van der Waals surface area contributed by atoms with E-state index in [1.165, 1.54) is 5.57 Å². The van der Waals surface area contributed by atoms with Crippen molar-refractivity contribution in [2.75, 3.05) is 19.9 Å². The molecule has 0 fully saturated rings. The summed E-state index contributed by atoms with van der Waals surface area (Å²) in [6, 6.07) is 6.07. The second-order valence-electron chi connectivity index (χ2n) is 5.73. The first kappa shape index (κ1) is 13.4. The molecule has 7 heteroatoms. The van der Waals surface area contributed by atoms with Crippen molar-refractivity contribution in [3.05, 3.63) is 35.0 Å². The maximum Gasteiger partial charge on any atom is 0.348 e. The summed E-state index contributed by atoms with van der Waals surface area (Å²) in [6.45, 7) is 4.36. The Morgan fingerprint density at radius 2 is 2.18 bits per heavy atom. The molecule has 22 heavy (non-hydrogen) atoms. The molecule has 1 aromatic rings. The summed E-state index contributed by atoms with van der Waals surface area (Å²) in [6.07, 6.45) is 0. The van der Waals surface area contributed by atoms with E-state index in [9.17, 15) is 0 Å². The number of nitrogens with zero attached hydrogens (tertiary/aromatic N) is 1. The maximum atomic E-state index is 6.18. The summed E-state index contributed by atoms with van der Waals surface area (Å²) >= 11 is 0. The number of hydroxylamine groups is 1. The van der Waals surface area contributed by atoms with Crippen LogP contribution in [-0.2, 0) is 11.4 Å². The molecular formula is C15H19N4O3+. The molecule has 3 aliphatic rings. The van der Waals surface area contributed by atoms with Gasteiger partial charge < -0.3 is 9.47 Å². The molecule has 0 aliphatic carbocycles. The van der Waals surface area contributed by atoms with Crippen LogP contribution in [0.25, 0.3) is 0 Å². The number of hydrogen-bond donors (Lipinski definition) is 3. The minimum atomic E-state index is 0.107. The Kier molecular flexibility index (Phi) is 3.16. The highest BCUT2D eigenvalue weighted by molar-refractivity contribution is 5.76. The second kappa shape index (κ2) is 5.19. The van der Waals surface area contributed by atoms with Crippen LogP contribution in [0.3, 0.4) is 0 Å². The Morgan fingerprint density at radius 1 is 1.32 bits per heavy atom. The minimum Gasteiger partial charge on any atom is -0.454 e. The van der Waals surface area contributed by atoms with Crippen LogP contribution in [0.1, 0.15) is 12.5 Å². The minimum absolute atomic E-state index is 0.107. The molecule has 4 rings (SSSR count). The van der Waals surface area contributed by atoms with Gasteiger partial charge in [-0.25, -0.2) is 5.32 Å². The Hall–Kier alpha value is -2.25. The van der Waals surface area contributed by atoms with Gasteiger partial charge in [0.05, 0.1) is 25.4 Å². The zero-order valence-electron chi connectivity index (χ0n) is 12.4. The molecule has 1 atom stereocenters. The molecule has 0 spiro atoms. The molecule has 0 radical (unpaired) electrons. The fourth-order valence-corrected chi connectivity index (χ4v) is 2.95. The van der Waals surface area contributed by atoms with Crippen LogP contribution >= 0.6 is 0 Å². The third-order valence-electron chi connectivity index (χ3n) is 4.14. The summed E-state index contributed by atoms with van der Waals surface area (Å²) < 4.78 is 12.8. The normalized spacial score (nSPS) is 23.4. The van der Waals surface area contributed by atoms with E-state index in [-0.39, 0.29) is 12.8 Å². The van der Waals surface area contributed by atoms with Gasteiger partial charge in [-0.2, -0.15) is 5.48 Å². The summed E-state index contributed by atoms with van der Waals surface area (Å²) in [5.41, 5.74) is 12.6. The SMILES string of the molecule is CC1=C2NC(N)=[N+](Cc3ccc4c(c3)OCO4)CC2NOC1. The molecule has 4 N–H and O–H groups in total. The summed E-state index contributed by atoms with van der Waals surface area (Å²) in [7, 11) is 0. The first-order chi connectivity index (χ1) is 10.7. The molecule has 1 unspecified atom stereocenters. The van der Waals surface area contributed by atoms with Gasteiger partial charge in [0.1, 0.15) is 6.04 Å². The average molecular weight is 303 g/mol. The van der Waals surface area contributed by atoms with Crippen molar-refractivity contribution in [2.45, 2.75) is 19.5 Å². The van der Waals surface area contributed by atoms with Crippen molar-refractivity contribution < 1.29 is 18.9 Å². The molecule has 1 aromatic carbocycles. The van der Waals surface area contributed by atoms with Crippen LogP contribution in [0.5, 0.6) is 11.5 Å². The molecule has 7 nitrogen and oxygen atoms in total. The number of rotatable bonds is 2. The standard InChI is InChI=1S/C15H18N4O3/c1-9-7-22-18-11-6-19(15(16)17-14(9)11)5-10-2-3-12-13(4-10)21-8-20-12/h2-4,11,18H,5-8H2,1H3,(H2,16,17)/p+1. The lowest BCUT2D eigenvalue weighted by Crippen LogP contribution is -2.57. The van der Waals surface area contributed by atoms with E-state index in [0.717, 1.165) is 29.3 Å². The van der Waals surface area contributed by atoms with E-state index in [1.54, 1.807) is 0 Å². The van der Waals surface area contributed by atoms with Gasteiger partial charge in [0.2, 0.25) is 6.79 Å². The summed E-state index contributed by atoms with van der Waals surface area (Å²) in [5, 5.41) is 3.29. The van der Waals surface area contributed by atoms with Crippen molar-refractivity contribution in [2.24, 2.45) is 5.73 Å².